The van der Waals surface area contributed by atoms with Gasteiger partial charge >= 0.3 is 5.97 Å². The molecule has 0 spiro atoms. The highest BCUT2D eigenvalue weighted by Gasteiger charge is 2.11. The molecule has 0 radical (unpaired) electrons. The molecule has 0 aliphatic rings. The molecule has 1 amide bonds. The molecule has 16 heavy (non-hydrogen) atoms. The van der Waals surface area contributed by atoms with Gasteiger partial charge in [0.25, 0.3) is 0 Å². The van der Waals surface area contributed by atoms with E-state index in [0.717, 1.165) is 19.3 Å². The third-order valence-electron chi connectivity index (χ3n) is 2.54. The van der Waals surface area contributed by atoms with Crippen molar-refractivity contribution in [3.05, 3.63) is 11.1 Å². The number of aliphatic carboxylic acids is 1. The molecule has 4 heteroatoms. The van der Waals surface area contributed by atoms with E-state index < -0.39 is 5.97 Å². The lowest BCUT2D eigenvalue weighted by Gasteiger charge is -2.06. The molecular weight excluding hydrogens is 206 g/mol. The second-order valence-corrected chi connectivity index (χ2v) is 3.87. The molecule has 0 saturated heterocycles. The number of carboxylic acids is 1. The van der Waals surface area contributed by atoms with Crippen LogP contribution in [0.5, 0.6) is 0 Å². The molecule has 92 valence electrons. The highest BCUT2D eigenvalue weighted by atomic mass is 16.4. The second kappa shape index (κ2) is 7.91. The minimum Gasteiger partial charge on any atom is -0.478 e. The van der Waals surface area contributed by atoms with Crippen LogP contribution in [0.25, 0.3) is 0 Å². The fourth-order valence-electron chi connectivity index (χ4n) is 1.22. The summed E-state index contributed by atoms with van der Waals surface area (Å²) in [6, 6.07) is 0. The first kappa shape index (κ1) is 14.7. The summed E-state index contributed by atoms with van der Waals surface area (Å²) in [4.78, 5) is 22.1. The van der Waals surface area contributed by atoms with Crippen LogP contribution < -0.4 is 5.32 Å². The van der Waals surface area contributed by atoms with Gasteiger partial charge in [-0.15, -0.1) is 0 Å². The molecule has 0 aliphatic carbocycles. The summed E-state index contributed by atoms with van der Waals surface area (Å²) in [6.45, 7) is 5.71. The van der Waals surface area contributed by atoms with Gasteiger partial charge in [0.15, 0.2) is 0 Å². The molecule has 0 heterocycles. The van der Waals surface area contributed by atoms with Crippen LogP contribution in [0.2, 0.25) is 0 Å². The van der Waals surface area contributed by atoms with Crippen LogP contribution >= 0.6 is 0 Å². The zero-order valence-corrected chi connectivity index (χ0v) is 10.3. The van der Waals surface area contributed by atoms with Crippen molar-refractivity contribution in [1.82, 2.24) is 5.32 Å². The number of carbonyl (C=O) groups excluding carboxylic acids is 1. The molecule has 2 N–H and O–H groups in total. The van der Waals surface area contributed by atoms with Crippen LogP contribution in [-0.2, 0) is 9.59 Å². The van der Waals surface area contributed by atoms with Gasteiger partial charge in [0, 0.05) is 17.7 Å². The van der Waals surface area contributed by atoms with E-state index in [9.17, 15) is 9.59 Å². The lowest BCUT2D eigenvalue weighted by molar-refractivity contribution is -0.133. The molecule has 0 fully saturated rings. The minimum atomic E-state index is -1.04. The third kappa shape index (κ3) is 5.53. The number of amides is 1. The Bertz CT molecular complexity index is 282. The fraction of sp³-hybridized carbons (Fsp3) is 0.667. The number of hydrogen-bond donors (Lipinski definition) is 2. The van der Waals surface area contributed by atoms with Gasteiger partial charge in [-0.1, -0.05) is 26.2 Å². The monoisotopic (exact) mass is 227 g/mol. The molecule has 0 bridgehead atoms. The summed E-state index contributed by atoms with van der Waals surface area (Å²) >= 11 is 0. The smallest absolute Gasteiger partial charge is 0.331 e. The highest BCUT2D eigenvalue weighted by Crippen LogP contribution is 2.03. The molecule has 0 saturated carbocycles. The maximum Gasteiger partial charge on any atom is 0.331 e. The SMILES string of the molecule is CCCCCCNC(=O)C(C)=C(C)C(=O)O. The quantitative estimate of drug-likeness (QED) is 0.517. The van der Waals surface area contributed by atoms with Crippen LogP contribution in [0, 0.1) is 0 Å². The molecule has 4 nitrogen and oxygen atoms in total. The van der Waals surface area contributed by atoms with Gasteiger partial charge in [0.2, 0.25) is 5.91 Å². The van der Waals surface area contributed by atoms with E-state index in [1.807, 2.05) is 0 Å². The van der Waals surface area contributed by atoms with Gasteiger partial charge in [-0.3, -0.25) is 4.79 Å². The lowest BCUT2D eigenvalue weighted by Crippen LogP contribution is -2.26. The van der Waals surface area contributed by atoms with Crippen molar-refractivity contribution in [3.8, 4) is 0 Å². The number of carboxylic acid groups (broad SMARTS) is 1. The predicted octanol–water partition coefficient (Wildman–Crippen LogP) is 2.10. The molecule has 0 aromatic rings. The van der Waals surface area contributed by atoms with E-state index in [4.69, 9.17) is 5.11 Å². The van der Waals surface area contributed by atoms with Crippen LogP contribution in [-0.4, -0.2) is 23.5 Å². The first-order valence-electron chi connectivity index (χ1n) is 5.69. The number of nitrogens with one attached hydrogen (secondary N) is 1. The Hall–Kier alpha value is -1.32. The Morgan fingerprint density at radius 3 is 2.19 bits per heavy atom. The van der Waals surface area contributed by atoms with Gasteiger partial charge in [-0.2, -0.15) is 0 Å². The Labute approximate surface area is 96.7 Å². The Morgan fingerprint density at radius 1 is 1.06 bits per heavy atom. The van der Waals surface area contributed by atoms with Crippen LogP contribution in [0.3, 0.4) is 0 Å². The summed E-state index contributed by atoms with van der Waals surface area (Å²) in [5, 5.41) is 11.4. The van der Waals surface area contributed by atoms with Gasteiger partial charge < -0.3 is 10.4 Å². The van der Waals surface area contributed by atoms with E-state index in [2.05, 4.69) is 12.2 Å². The topological polar surface area (TPSA) is 66.4 Å². The van der Waals surface area contributed by atoms with E-state index in [0.29, 0.717) is 6.54 Å². The average molecular weight is 227 g/mol. The van der Waals surface area contributed by atoms with E-state index in [1.54, 1.807) is 0 Å². The Balaban J connectivity index is 3.98. The summed E-state index contributed by atoms with van der Waals surface area (Å²) in [6.07, 6.45) is 4.36. The molecular formula is C12H21NO3. The van der Waals surface area contributed by atoms with Crippen molar-refractivity contribution in [2.24, 2.45) is 0 Å². The van der Waals surface area contributed by atoms with Gasteiger partial charge in [-0.25, -0.2) is 4.79 Å². The third-order valence-corrected chi connectivity index (χ3v) is 2.54. The van der Waals surface area contributed by atoms with Crippen molar-refractivity contribution in [2.45, 2.75) is 46.5 Å². The molecule has 0 aliphatic heterocycles. The van der Waals surface area contributed by atoms with Crippen molar-refractivity contribution in [3.63, 3.8) is 0 Å². The van der Waals surface area contributed by atoms with E-state index >= 15 is 0 Å². The van der Waals surface area contributed by atoms with Crippen molar-refractivity contribution < 1.29 is 14.7 Å². The summed E-state index contributed by atoms with van der Waals surface area (Å²) < 4.78 is 0. The normalized spacial score (nSPS) is 11.9. The van der Waals surface area contributed by atoms with E-state index in [-0.39, 0.29) is 17.1 Å². The maximum absolute atomic E-state index is 11.5. The van der Waals surface area contributed by atoms with Gasteiger partial charge in [-0.05, 0) is 20.3 Å². The molecule has 0 unspecified atom stereocenters. The lowest BCUT2D eigenvalue weighted by atomic mass is 10.1. The van der Waals surface area contributed by atoms with Crippen LogP contribution in [0.15, 0.2) is 11.1 Å². The van der Waals surface area contributed by atoms with Crippen LogP contribution in [0.4, 0.5) is 0 Å². The number of carbonyl (C=O) groups is 2. The minimum absolute atomic E-state index is 0.103. The molecule has 0 aromatic carbocycles. The summed E-state index contributed by atoms with van der Waals surface area (Å²) in [5.74, 6) is -1.32. The maximum atomic E-state index is 11.5. The molecule has 0 aromatic heterocycles. The molecule has 0 atom stereocenters. The van der Waals surface area contributed by atoms with Crippen molar-refractivity contribution in [2.75, 3.05) is 6.54 Å². The fourth-order valence-corrected chi connectivity index (χ4v) is 1.22. The van der Waals surface area contributed by atoms with Crippen molar-refractivity contribution >= 4 is 11.9 Å². The standard InChI is InChI=1S/C12H21NO3/c1-4-5-6-7-8-13-11(14)9(2)10(3)12(15)16/h4-8H2,1-3H3,(H,13,14)(H,15,16). The average Bonchev–Trinajstić information content (AvgIpc) is 2.26. The largest absolute Gasteiger partial charge is 0.478 e. The number of hydrogen-bond acceptors (Lipinski definition) is 2. The van der Waals surface area contributed by atoms with E-state index in [1.165, 1.54) is 20.3 Å². The zero-order valence-electron chi connectivity index (χ0n) is 10.3. The number of unbranched alkanes of at least 4 members (excludes halogenated alkanes) is 3. The Kier molecular flexibility index (Phi) is 7.25. The van der Waals surface area contributed by atoms with Crippen LogP contribution in [0.1, 0.15) is 46.5 Å². The number of rotatable bonds is 7. The summed E-state index contributed by atoms with van der Waals surface area (Å²) in [5.41, 5.74) is 0.383. The zero-order chi connectivity index (χ0) is 12.6. The predicted molar refractivity (Wildman–Crippen MR) is 63.2 cm³/mol. The first-order chi connectivity index (χ1) is 7.50. The summed E-state index contributed by atoms with van der Waals surface area (Å²) in [7, 11) is 0. The van der Waals surface area contributed by atoms with Gasteiger partial charge in [0.1, 0.15) is 0 Å². The highest BCUT2D eigenvalue weighted by molar-refractivity contribution is 6.01. The Morgan fingerprint density at radius 2 is 1.69 bits per heavy atom. The van der Waals surface area contributed by atoms with Crippen molar-refractivity contribution in [1.29, 1.82) is 0 Å². The molecule has 0 rings (SSSR count). The first-order valence-corrected chi connectivity index (χ1v) is 5.69. The second-order valence-electron chi connectivity index (χ2n) is 3.87. The van der Waals surface area contributed by atoms with Gasteiger partial charge in [0.05, 0.1) is 0 Å².